The Morgan fingerprint density at radius 3 is 2.93 bits per heavy atom. The van der Waals surface area contributed by atoms with E-state index in [1.54, 1.807) is 0 Å². The lowest BCUT2D eigenvalue weighted by Gasteiger charge is -2.29. The molecule has 146 valence electrons. The molecule has 2 aromatic rings. The topological polar surface area (TPSA) is 74.4 Å². The van der Waals surface area contributed by atoms with Crippen LogP contribution in [-0.4, -0.2) is 53.0 Å². The molecule has 2 amide bonds. The highest BCUT2D eigenvalue weighted by Gasteiger charge is 2.63. The Labute approximate surface area is 163 Å². The fourth-order valence-electron chi connectivity index (χ4n) is 5.72. The molecule has 6 rings (SSSR count). The number of hydrogen-bond donors (Lipinski definition) is 2. The van der Waals surface area contributed by atoms with Crippen molar-refractivity contribution in [3.8, 4) is 0 Å². The Bertz CT molecular complexity index is 932. The predicted octanol–water partition coefficient (Wildman–Crippen LogP) is 2.31. The van der Waals surface area contributed by atoms with Gasteiger partial charge in [0.25, 0.3) is 5.91 Å². The number of rotatable bonds is 4. The minimum atomic E-state index is -0.161. The van der Waals surface area contributed by atoms with Crippen LogP contribution < -0.4 is 5.32 Å². The van der Waals surface area contributed by atoms with E-state index < -0.39 is 0 Å². The van der Waals surface area contributed by atoms with Crippen LogP contribution in [0.1, 0.15) is 36.2 Å². The Morgan fingerprint density at radius 2 is 2.11 bits per heavy atom. The average Bonchev–Trinajstić information content (AvgIpc) is 3.07. The van der Waals surface area contributed by atoms with Gasteiger partial charge >= 0.3 is 0 Å². The van der Waals surface area contributed by atoms with Gasteiger partial charge in [0, 0.05) is 41.7 Å². The molecule has 4 aliphatic rings. The Balaban J connectivity index is 1.15. The summed E-state index contributed by atoms with van der Waals surface area (Å²) in [4.78, 5) is 30.5. The van der Waals surface area contributed by atoms with Gasteiger partial charge in [-0.3, -0.25) is 9.59 Å². The second-order valence-corrected chi connectivity index (χ2v) is 9.00. The fourth-order valence-corrected chi connectivity index (χ4v) is 5.72. The molecule has 2 N–H and O–H groups in total. The Morgan fingerprint density at radius 1 is 1.25 bits per heavy atom. The maximum absolute atomic E-state index is 12.7. The van der Waals surface area contributed by atoms with E-state index in [0.717, 1.165) is 49.7 Å². The van der Waals surface area contributed by atoms with Crippen LogP contribution in [0.25, 0.3) is 10.9 Å². The minimum absolute atomic E-state index is 0.0723. The number of carbonyl (C=O) groups excluding carboxylic acids is 2. The lowest BCUT2D eigenvalue weighted by molar-refractivity contribution is -0.133. The summed E-state index contributed by atoms with van der Waals surface area (Å²) in [5, 5.41) is 4.16. The summed E-state index contributed by atoms with van der Waals surface area (Å²) in [7, 11) is 0. The van der Waals surface area contributed by atoms with E-state index in [4.69, 9.17) is 4.74 Å². The molecule has 6 nitrogen and oxygen atoms in total. The SMILES string of the molecule is O=C(NC[C@H]1[C@H]2CN(C(=O)C3CC3)C[C@]23CC[C@H]1O3)c1cc2ccccc2[nH]1. The molecular weight excluding hydrogens is 354 g/mol. The van der Waals surface area contributed by atoms with Crippen LogP contribution >= 0.6 is 0 Å². The van der Waals surface area contributed by atoms with Gasteiger partial charge in [0.05, 0.1) is 18.2 Å². The van der Waals surface area contributed by atoms with E-state index in [1.165, 1.54) is 0 Å². The molecule has 0 unspecified atom stereocenters. The number of likely N-dealkylation sites (tertiary alicyclic amines) is 1. The molecule has 3 saturated heterocycles. The number of hydrogen-bond acceptors (Lipinski definition) is 3. The van der Waals surface area contributed by atoms with Gasteiger partial charge in [0.1, 0.15) is 5.69 Å². The summed E-state index contributed by atoms with van der Waals surface area (Å²) in [5.74, 6) is 1.14. The van der Waals surface area contributed by atoms with Crippen molar-refractivity contribution in [2.75, 3.05) is 19.6 Å². The highest BCUT2D eigenvalue weighted by atomic mass is 16.5. The number of benzene rings is 1. The summed E-state index contributed by atoms with van der Waals surface area (Å²) in [6.07, 6.45) is 4.38. The summed E-state index contributed by atoms with van der Waals surface area (Å²) in [6, 6.07) is 9.80. The van der Waals surface area contributed by atoms with Gasteiger partial charge in [-0.05, 0) is 37.8 Å². The van der Waals surface area contributed by atoms with Crippen LogP contribution in [0.2, 0.25) is 0 Å². The quantitative estimate of drug-likeness (QED) is 0.856. The largest absolute Gasteiger partial charge is 0.369 e. The number of nitrogens with one attached hydrogen (secondary N) is 2. The minimum Gasteiger partial charge on any atom is -0.369 e. The van der Waals surface area contributed by atoms with Crippen molar-refractivity contribution < 1.29 is 14.3 Å². The summed E-state index contributed by atoms with van der Waals surface area (Å²) in [6.45, 7) is 2.14. The summed E-state index contributed by atoms with van der Waals surface area (Å²) in [5.41, 5.74) is 1.41. The molecule has 1 aliphatic carbocycles. The van der Waals surface area contributed by atoms with E-state index in [2.05, 4.69) is 10.3 Å². The third-order valence-corrected chi connectivity index (χ3v) is 7.29. The maximum atomic E-state index is 12.7. The number of aromatic nitrogens is 1. The Hall–Kier alpha value is -2.34. The van der Waals surface area contributed by atoms with Crippen molar-refractivity contribution in [3.05, 3.63) is 36.0 Å². The van der Waals surface area contributed by atoms with Crippen LogP contribution in [0, 0.1) is 17.8 Å². The zero-order chi connectivity index (χ0) is 18.9. The molecule has 4 heterocycles. The van der Waals surface area contributed by atoms with Crippen LogP contribution in [0.15, 0.2) is 30.3 Å². The van der Waals surface area contributed by atoms with E-state index in [1.807, 2.05) is 35.2 Å². The number of ether oxygens (including phenoxy) is 1. The number of H-pyrrole nitrogens is 1. The lowest BCUT2D eigenvalue weighted by Crippen LogP contribution is -2.42. The van der Waals surface area contributed by atoms with Gasteiger partial charge in [-0.15, -0.1) is 0 Å². The van der Waals surface area contributed by atoms with Gasteiger partial charge in [-0.25, -0.2) is 0 Å². The molecule has 0 radical (unpaired) electrons. The predicted molar refractivity (Wildman–Crippen MR) is 104 cm³/mol. The number of carbonyl (C=O) groups is 2. The smallest absolute Gasteiger partial charge is 0.267 e. The van der Waals surface area contributed by atoms with E-state index in [0.29, 0.717) is 30.0 Å². The fraction of sp³-hybridized carbons (Fsp3) is 0.545. The van der Waals surface area contributed by atoms with Crippen molar-refractivity contribution in [3.63, 3.8) is 0 Å². The molecule has 1 aromatic carbocycles. The maximum Gasteiger partial charge on any atom is 0.267 e. The monoisotopic (exact) mass is 379 g/mol. The van der Waals surface area contributed by atoms with Crippen molar-refractivity contribution in [2.45, 2.75) is 37.4 Å². The number of para-hydroxylation sites is 1. The van der Waals surface area contributed by atoms with Gasteiger partial charge in [0.15, 0.2) is 0 Å². The molecule has 28 heavy (non-hydrogen) atoms. The number of amides is 2. The molecule has 4 atom stereocenters. The highest BCUT2D eigenvalue weighted by Crippen LogP contribution is 2.55. The molecule has 1 spiro atoms. The lowest BCUT2D eigenvalue weighted by atomic mass is 9.73. The van der Waals surface area contributed by atoms with Gasteiger partial charge in [-0.2, -0.15) is 0 Å². The van der Waals surface area contributed by atoms with Crippen LogP contribution in [0.4, 0.5) is 0 Å². The third-order valence-electron chi connectivity index (χ3n) is 7.29. The normalized spacial score (nSPS) is 33.4. The van der Waals surface area contributed by atoms with E-state index in [9.17, 15) is 9.59 Å². The highest BCUT2D eigenvalue weighted by molar-refractivity contribution is 5.98. The zero-order valence-electron chi connectivity index (χ0n) is 15.8. The van der Waals surface area contributed by atoms with Crippen molar-refractivity contribution in [1.29, 1.82) is 0 Å². The van der Waals surface area contributed by atoms with Crippen LogP contribution in [0.5, 0.6) is 0 Å². The van der Waals surface area contributed by atoms with Crippen LogP contribution in [-0.2, 0) is 9.53 Å². The van der Waals surface area contributed by atoms with Crippen molar-refractivity contribution in [1.82, 2.24) is 15.2 Å². The van der Waals surface area contributed by atoms with Crippen LogP contribution in [0.3, 0.4) is 0 Å². The summed E-state index contributed by atoms with van der Waals surface area (Å²) < 4.78 is 6.41. The Kier molecular flexibility index (Phi) is 3.46. The first kappa shape index (κ1) is 16.6. The standard InChI is InChI=1S/C22H25N3O3/c26-20(18-9-14-3-1-2-4-17(14)24-18)23-10-15-16-11-25(21(27)13-5-6-13)12-22(16)8-7-19(15)28-22/h1-4,9,13,15-16,19,24H,5-8,10-12H2,(H,23,26)/t15-,16+,19+,22+/m0/s1. The van der Waals surface area contributed by atoms with Crippen molar-refractivity contribution in [2.24, 2.45) is 17.8 Å². The first-order valence-electron chi connectivity index (χ1n) is 10.5. The second kappa shape index (κ2) is 5.83. The van der Waals surface area contributed by atoms with Gasteiger partial charge in [-0.1, -0.05) is 18.2 Å². The molecule has 3 aliphatic heterocycles. The van der Waals surface area contributed by atoms with Gasteiger partial charge < -0.3 is 19.9 Å². The second-order valence-electron chi connectivity index (χ2n) is 9.00. The first-order chi connectivity index (χ1) is 13.6. The van der Waals surface area contributed by atoms with E-state index >= 15 is 0 Å². The third kappa shape index (κ3) is 2.43. The average molecular weight is 379 g/mol. The zero-order valence-corrected chi connectivity index (χ0v) is 15.8. The molecule has 1 aromatic heterocycles. The molecule has 2 bridgehead atoms. The van der Waals surface area contributed by atoms with E-state index in [-0.39, 0.29) is 23.5 Å². The molecular formula is C22H25N3O3. The molecule has 4 fully saturated rings. The van der Waals surface area contributed by atoms with Gasteiger partial charge in [0.2, 0.25) is 5.91 Å². The number of aromatic amines is 1. The van der Waals surface area contributed by atoms with Crippen molar-refractivity contribution >= 4 is 22.7 Å². The number of fused-ring (bicyclic) bond motifs is 2. The summed E-state index contributed by atoms with van der Waals surface area (Å²) >= 11 is 0. The number of nitrogens with zero attached hydrogens (tertiary/aromatic N) is 1. The molecule has 6 heteroatoms. The first-order valence-corrected chi connectivity index (χ1v) is 10.5. The molecule has 1 saturated carbocycles.